The van der Waals surface area contributed by atoms with Crippen molar-refractivity contribution in [1.29, 1.82) is 0 Å². The minimum Gasteiger partial charge on any atom is -0.497 e. The van der Waals surface area contributed by atoms with Gasteiger partial charge in [-0.2, -0.15) is 0 Å². The van der Waals surface area contributed by atoms with E-state index in [1.165, 1.54) is 4.90 Å². The number of benzene rings is 1. The van der Waals surface area contributed by atoms with E-state index < -0.39 is 53.0 Å². The fraction of sp³-hybridized carbons (Fsp3) is 0.629. The van der Waals surface area contributed by atoms with Crippen molar-refractivity contribution in [2.75, 3.05) is 26.7 Å². The van der Waals surface area contributed by atoms with Crippen LogP contribution >= 0.6 is 0 Å². The van der Waals surface area contributed by atoms with Gasteiger partial charge in [-0.05, 0) is 69.7 Å². The lowest BCUT2D eigenvalue weighted by Crippen LogP contribution is -2.58. The molecule has 6 atom stereocenters. The van der Waals surface area contributed by atoms with Gasteiger partial charge in [0.25, 0.3) is 0 Å². The van der Waals surface area contributed by atoms with Crippen molar-refractivity contribution in [3.63, 3.8) is 0 Å². The number of nitrogens with zero attached hydrogens (tertiary/aromatic N) is 3. The molecule has 1 aromatic carbocycles. The predicted molar refractivity (Wildman–Crippen MR) is 174 cm³/mol. The average molecular weight is 666 g/mol. The number of ether oxygens (including phenoxy) is 2. The smallest absolute Gasteiger partial charge is 0.408 e. The number of aliphatic carboxylic acids is 1. The molecule has 4 aliphatic heterocycles. The van der Waals surface area contributed by atoms with Crippen LogP contribution in [-0.2, 0) is 32.2 Å². The summed E-state index contributed by atoms with van der Waals surface area (Å²) in [7, 11) is 1.60. The van der Waals surface area contributed by atoms with Crippen molar-refractivity contribution < 1.29 is 38.6 Å². The largest absolute Gasteiger partial charge is 0.497 e. The number of rotatable bonds is 3. The van der Waals surface area contributed by atoms with Crippen molar-refractivity contribution in [1.82, 2.24) is 25.3 Å². The number of carbonyl (C=O) groups is 5. The van der Waals surface area contributed by atoms with Crippen LogP contribution in [0, 0.1) is 17.8 Å². The number of hydrogen-bond donors (Lipinski definition) is 3. The maximum absolute atomic E-state index is 14.3. The average Bonchev–Trinajstić information content (AvgIpc) is 3.30. The summed E-state index contributed by atoms with van der Waals surface area (Å²) < 4.78 is 10.8. The first-order valence-electron chi connectivity index (χ1n) is 17.0. The lowest BCUT2D eigenvalue weighted by molar-refractivity contribution is -0.146. The number of hydrogen-bond acceptors (Lipinski definition) is 7. The summed E-state index contributed by atoms with van der Waals surface area (Å²) >= 11 is 0. The van der Waals surface area contributed by atoms with Gasteiger partial charge in [-0.1, -0.05) is 31.1 Å². The highest BCUT2D eigenvalue weighted by molar-refractivity contribution is 5.96. The molecule has 48 heavy (non-hydrogen) atoms. The molecule has 5 amide bonds. The number of fused-ring (bicyclic) bond motifs is 5. The molecule has 13 nitrogen and oxygen atoms in total. The summed E-state index contributed by atoms with van der Waals surface area (Å²) in [6, 6.07) is 3.71. The third kappa shape index (κ3) is 6.68. The summed E-state index contributed by atoms with van der Waals surface area (Å²) in [6.07, 6.45) is 6.85. The Morgan fingerprint density at radius 2 is 1.79 bits per heavy atom. The third-order valence-electron chi connectivity index (χ3n) is 10.4. The Morgan fingerprint density at radius 3 is 2.52 bits per heavy atom. The summed E-state index contributed by atoms with van der Waals surface area (Å²) in [5.41, 5.74) is -0.129. The molecule has 3 fully saturated rings. The molecular formula is C35H47N5O8. The topological polar surface area (TPSA) is 158 Å². The molecule has 6 rings (SSSR count). The number of alkyl carbamates (subject to hydrolysis) is 1. The molecule has 5 aliphatic rings. The summed E-state index contributed by atoms with van der Waals surface area (Å²) in [6.45, 7) is 6.95. The van der Waals surface area contributed by atoms with E-state index in [1.54, 1.807) is 37.7 Å². The molecule has 260 valence electrons. The second kappa shape index (κ2) is 13.0. The zero-order valence-corrected chi connectivity index (χ0v) is 28.2. The van der Waals surface area contributed by atoms with Gasteiger partial charge in [0.05, 0.1) is 7.11 Å². The van der Waals surface area contributed by atoms with Gasteiger partial charge < -0.3 is 39.9 Å². The lowest BCUT2D eigenvalue weighted by atomic mass is 9.93. The molecule has 1 saturated carbocycles. The van der Waals surface area contributed by atoms with Crippen LogP contribution in [0.5, 0.6) is 5.75 Å². The van der Waals surface area contributed by atoms with E-state index >= 15 is 0 Å². The van der Waals surface area contributed by atoms with E-state index in [9.17, 15) is 29.1 Å². The van der Waals surface area contributed by atoms with Gasteiger partial charge in [-0.3, -0.25) is 9.59 Å². The van der Waals surface area contributed by atoms with E-state index in [0.29, 0.717) is 32.5 Å². The highest BCUT2D eigenvalue weighted by atomic mass is 16.6. The van der Waals surface area contributed by atoms with E-state index in [1.807, 2.05) is 30.4 Å². The molecular weight excluding hydrogens is 618 g/mol. The van der Waals surface area contributed by atoms with Crippen LogP contribution in [0.1, 0.15) is 70.4 Å². The summed E-state index contributed by atoms with van der Waals surface area (Å²) in [4.78, 5) is 72.7. The Bertz CT molecular complexity index is 1510. The molecule has 0 bridgehead atoms. The highest BCUT2D eigenvalue weighted by Gasteiger charge is 2.63. The van der Waals surface area contributed by atoms with Crippen LogP contribution in [0.25, 0.3) is 0 Å². The van der Waals surface area contributed by atoms with Gasteiger partial charge in [-0.15, -0.1) is 0 Å². The minimum atomic E-state index is -1.44. The van der Waals surface area contributed by atoms with Crippen molar-refractivity contribution in [2.45, 2.75) is 95.6 Å². The quantitative estimate of drug-likeness (QED) is 0.416. The summed E-state index contributed by atoms with van der Waals surface area (Å²) in [5.74, 6) is -2.28. The van der Waals surface area contributed by atoms with Gasteiger partial charge in [0.15, 0.2) is 0 Å². The highest BCUT2D eigenvalue weighted by Crippen LogP contribution is 2.46. The van der Waals surface area contributed by atoms with Gasteiger partial charge >= 0.3 is 18.1 Å². The second-order valence-electron chi connectivity index (χ2n) is 14.9. The van der Waals surface area contributed by atoms with Crippen molar-refractivity contribution >= 4 is 29.9 Å². The minimum absolute atomic E-state index is 0.145. The number of likely N-dealkylation sites (tertiary alicyclic amines) is 1. The first-order valence-corrected chi connectivity index (χ1v) is 17.0. The molecule has 0 radical (unpaired) electrons. The van der Waals surface area contributed by atoms with Crippen molar-refractivity contribution in [3.8, 4) is 5.75 Å². The Balaban J connectivity index is 1.24. The zero-order valence-electron chi connectivity index (χ0n) is 28.2. The molecule has 0 spiro atoms. The van der Waals surface area contributed by atoms with Crippen LogP contribution in [0.4, 0.5) is 9.59 Å². The molecule has 0 aromatic heterocycles. The van der Waals surface area contributed by atoms with Crippen LogP contribution in [-0.4, -0.2) is 99.7 Å². The maximum Gasteiger partial charge on any atom is 0.408 e. The Hall–Kier alpha value is -4.29. The number of allylic oxidation sites excluding steroid dienone is 1. The standard InChI is InChI=1S/C35H47N5O8/c1-34(2,3)48-32(45)36-27-11-9-7-5-6-8-10-24-15-35(24,31(43)44)37-29(41)28-26-20-39(18-23(26)19-40(28)30(27)42)33(46)38-16-21-12-13-25(47-4)14-22(21)17-38/h8,10,12-14,23-24,26-28H,5-7,9,11,15-20H2,1-4H3,(H,36,45)(H,37,41)(H,43,44)/b10-8-/t23-,24-,26-,27+,28-,35+/m0/s1. The van der Waals surface area contributed by atoms with Crippen molar-refractivity contribution in [2.24, 2.45) is 17.8 Å². The van der Waals surface area contributed by atoms with Crippen LogP contribution in [0.3, 0.4) is 0 Å². The number of urea groups is 1. The normalized spacial score (nSPS) is 30.9. The molecule has 4 heterocycles. The van der Waals surface area contributed by atoms with E-state index in [4.69, 9.17) is 9.47 Å². The first-order chi connectivity index (χ1) is 22.8. The number of carbonyl (C=O) groups excluding carboxylic acids is 4. The monoisotopic (exact) mass is 665 g/mol. The zero-order chi connectivity index (χ0) is 34.4. The Labute approximate surface area is 281 Å². The van der Waals surface area contributed by atoms with E-state index in [-0.39, 0.29) is 37.4 Å². The number of methoxy groups -OCH3 is 1. The lowest BCUT2D eigenvalue weighted by Gasteiger charge is -2.33. The number of carboxylic acid groups (broad SMARTS) is 1. The molecule has 1 aromatic rings. The van der Waals surface area contributed by atoms with Gasteiger partial charge in [-0.25, -0.2) is 14.4 Å². The van der Waals surface area contributed by atoms with Gasteiger partial charge in [0.1, 0.15) is 29.0 Å². The molecule has 13 heteroatoms. The third-order valence-corrected chi connectivity index (χ3v) is 10.4. The predicted octanol–water partition coefficient (Wildman–Crippen LogP) is 3.26. The summed E-state index contributed by atoms with van der Waals surface area (Å²) in [5, 5.41) is 15.8. The van der Waals surface area contributed by atoms with Gasteiger partial charge in [0.2, 0.25) is 11.8 Å². The maximum atomic E-state index is 14.3. The van der Waals surface area contributed by atoms with E-state index in [0.717, 1.165) is 36.1 Å². The number of nitrogens with one attached hydrogen (secondary N) is 2. The van der Waals surface area contributed by atoms with Crippen molar-refractivity contribution in [3.05, 3.63) is 41.5 Å². The molecule has 1 aliphatic carbocycles. The van der Waals surface area contributed by atoms with Crippen LogP contribution < -0.4 is 15.4 Å². The van der Waals surface area contributed by atoms with Crippen LogP contribution in [0.15, 0.2) is 30.4 Å². The fourth-order valence-corrected chi connectivity index (χ4v) is 7.81. The molecule has 0 unspecified atom stereocenters. The van der Waals surface area contributed by atoms with Crippen LogP contribution in [0.2, 0.25) is 0 Å². The Kier molecular flexibility index (Phi) is 9.08. The second-order valence-corrected chi connectivity index (χ2v) is 14.9. The Morgan fingerprint density at radius 1 is 1.02 bits per heavy atom. The van der Waals surface area contributed by atoms with E-state index in [2.05, 4.69) is 10.6 Å². The SMILES string of the molecule is COc1ccc2c(c1)CN(C(=O)N1C[C@H]3CN4C(=O)[C@H](NC(=O)OC(C)(C)C)CCCCC/C=C\[C@H]5C[C@@]5(C(=O)O)NC(=O)[C@@H]4[C@H]3C1)C2. The fourth-order valence-electron chi connectivity index (χ4n) is 7.81. The number of amides is 5. The molecule has 2 saturated heterocycles. The molecule has 3 N–H and O–H groups in total. The van der Waals surface area contributed by atoms with Gasteiger partial charge in [0, 0.05) is 50.5 Å². The first kappa shape index (κ1) is 33.6. The number of carboxylic acids is 1.